The number of sulfonamides is 1. The molecule has 0 aliphatic carbocycles. The highest BCUT2D eigenvalue weighted by atomic mass is 32.2. The maximum atomic E-state index is 12.4. The van der Waals surface area contributed by atoms with Gasteiger partial charge in [-0.15, -0.1) is 0 Å². The Hall–Kier alpha value is -1.87. The van der Waals surface area contributed by atoms with Gasteiger partial charge in [-0.2, -0.15) is 18.3 Å². The molecule has 0 bridgehead atoms. The Labute approximate surface area is 125 Å². The number of hydrogen-bond acceptors (Lipinski definition) is 3. The summed E-state index contributed by atoms with van der Waals surface area (Å²) in [5.41, 5.74) is -0.209. The molecule has 0 fully saturated rings. The molecule has 0 radical (unpaired) electrons. The lowest BCUT2D eigenvalue weighted by molar-refractivity contribution is -0.141. The van der Waals surface area contributed by atoms with E-state index in [1.165, 1.54) is 12.1 Å². The Morgan fingerprint density at radius 2 is 2.00 bits per heavy atom. The van der Waals surface area contributed by atoms with Crippen LogP contribution in [-0.4, -0.2) is 24.7 Å². The molecule has 0 saturated carbocycles. The van der Waals surface area contributed by atoms with Gasteiger partial charge in [-0.3, -0.25) is 4.68 Å². The van der Waals surface area contributed by atoms with E-state index in [0.29, 0.717) is 0 Å². The van der Waals surface area contributed by atoms with Gasteiger partial charge in [0.2, 0.25) is 10.0 Å². The molecule has 2 rings (SSSR count). The van der Waals surface area contributed by atoms with Crippen molar-refractivity contribution < 1.29 is 21.6 Å². The molecule has 0 saturated heterocycles. The van der Waals surface area contributed by atoms with E-state index < -0.39 is 21.9 Å². The second kappa shape index (κ2) is 6.09. The fourth-order valence-corrected chi connectivity index (χ4v) is 2.92. The van der Waals surface area contributed by atoms with E-state index in [0.717, 1.165) is 22.5 Å². The van der Waals surface area contributed by atoms with Crippen molar-refractivity contribution in [2.24, 2.45) is 0 Å². The fraction of sp³-hybridized carbons (Fsp3) is 0.308. The lowest BCUT2D eigenvalue weighted by Crippen LogP contribution is -2.27. The molecular weight excluding hydrogens is 319 g/mol. The van der Waals surface area contributed by atoms with Crippen LogP contribution in [0.5, 0.6) is 0 Å². The number of nitrogens with one attached hydrogen (secondary N) is 1. The fourth-order valence-electron chi connectivity index (χ4n) is 1.80. The van der Waals surface area contributed by atoms with E-state index in [4.69, 9.17) is 0 Å². The molecule has 5 nitrogen and oxygen atoms in total. The predicted octanol–water partition coefficient (Wildman–Crippen LogP) is 2.19. The minimum absolute atomic E-state index is 0.00112. The molecule has 0 unspecified atom stereocenters. The first-order valence-corrected chi connectivity index (χ1v) is 7.84. The Bertz CT molecular complexity index is 754. The van der Waals surface area contributed by atoms with Crippen molar-refractivity contribution in [3.05, 3.63) is 47.8 Å². The van der Waals surface area contributed by atoms with Gasteiger partial charge in [-0.1, -0.05) is 12.1 Å². The number of benzene rings is 1. The maximum absolute atomic E-state index is 12.4. The monoisotopic (exact) mass is 333 g/mol. The zero-order chi connectivity index (χ0) is 16.4. The molecule has 0 amide bonds. The number of aryl methyl sites for hydroxylation is 1. The molecule has 1 N–H and O–H groups in total. The number of halogens is 3. The van der Waals surface area contributed by atoms with Crippen molar-refractivity contribution in [2.45, 2.75) is 24.5 Å². The minimum atomic E-state index is -4.51. The number of alkyl halides is 3. The third kappa shape index (κ3) is 4.08. The van der Waals surface area contributed by atoms with Crippen molar-refractivity contribution in [3.63, 3.8) is 0 Å². The predicted molar refractivity (Wildman–Crippen MR) is 73.6 cm³/mol. The molecule has 0 aliphatic rings. The molecule has 0 aliphatic heterocycles. The van der Waals surface area contributed by atoms with Gasteiger partial charge in [-0.25, -0.2) is 13.1 Å². The standard InChI is InChI=1S/C13H14F3N3O2S/c1-10-3-2-4-11(9-10)22(20,21)17-6-8-19-7-5-12(18-19)13(14,15)16/h2-5,7,9,17H,6,8H2,1H3. The normalized spacial score (nSPS) is 12.5. The molecular formula is C13H14F3N3O2S. The lowest BCUT2D eigenvalue weighted by atomic mass is 10.2. The topological polar surface area (TPSA) is 64.0 Å². The summed E-state index contributed by atoms with van der Waals surface area (Å²) in [6.45, 7) is 1.71. The van der Waals surface area contributed by atoms with E-state index in [9.17, 15) is 21.6 Å². The van der Waals surface area contributed by atoms with Crippen LogP contribution in [-0.2, 0) is 22.7 Å². The van der Waals surface area contributed by atoms with E-state index in [2.05, 4.69) is 9.82 Å². The average molecular weight is 333 g/mol. The van der Waals surface area contributed by atoms with E-state index in [-0.39, 0.29) is 18.0 Å². The number of aromatic nitrogens is 2. The molecule has 1 aromatic heterocycles. The Morgan fingerprint density at radius 1 is 1.27 bits per heavy atom. The molecule has 2 aromatic rings. The largest absolute Gasteiger partial charge is 0.435 e. The third-order valence-electron chi connectivity index (χ3n) is 2.86. The first-order valence-electron chi connectivity index (χ1n) is 6.35. The molecule has 0 spiro atoms. The summed E-state index contributed by atoms with van der Waals surface area (Å²) in [5.74, 6) is 0. The molecule has 0 atom stereocenters. The summed E-state index contributed by atoms with van der Waals surface area (Å²) in [7, 11) is -3.69. The highest BCUT2D eigenvalue weighted by molar-refractivity contribution is 7.89. The summed E-state index contributed by atoms with van der Waals surface area (Å²) in [4.78, 5) is 0.115. The van der Waals surface area contributed by atoms with Crippen molar-refractivity contribution in [1.82, 2.24) is 14.5 Å². The maximum Gasteiger partial charge on any atom is 0.435 e. The minimum Gasteiger partial charge on any atom is -0.271 e. The van der Waals surface area contributed by atoms with Crippen molar-refractivity contribution in [1.29, 1.82) is 0 Å². The summed E-state index contributed by atoms with van der Waals surface area (Å²) in [6.07, 6.45) is -3.35. The Balaban J connectivity index is 1.97. The van der Waals surface area contributed by atoms with Crippen LogP contribution in [0.25, 0.3) is 0 Å². The molecule has 1 heterocycles. The summed E-state index contributed by atoms with van der Waals surface area (Å²) in [6, 6.07) is 7.19. The van der Waals surface area contributed by atoms with E-state index in [1.807, 2.05) is 0 Å². The molecule has 120 valence electrons. The van der Waals surface area contributed by atoms with E-state index >= 15 is 0 Å². The van der Waals surface area contributed by atoms with Gasteiger partial charge in [-0.05, 0) is 30.7 Å². The number of rotatable bonds is 5. The number of nitrogens with zero attached hydrogens (tertiary/aromatic N) is 2. The zero-order valence-corrected chi connectivity index (χ0v) is 12.4. The smallest absolute Gasteiger partial charge is 0.271 e. The highest BCUT2D eigenvalue weighted by Crippen LogP contribution is 2.27. The van der Waals surface area contributed by atoms with Crippen molar-refractivity contribution in [3.8, 4) is 0 Å². The van der Waals surface area contributed by atoms with Crippen LogP contribution in [0.1, 0.15) is 11.3 Å². The zero-order valence-electron chi connectivity index (χ0n) is 11.6. The van der Waals surface area contributed by atoms with Crippen LogP contribution in [0.4, 0.5) is 13.2 Å². The van der Waals surface area contributed by atoms with E-state index in [1.54, 1.807) is 19.1 Å². The van der Waals surface area contributed by atoms with Crippen LogP contribution in [0.15, 0.2) is 41.4 Å². The first-order chi connectivity index (χ1) is 10.2. The van der Waals surface area contributed by atoms with Gasteiger partial charge in [0, 0.05) is 12.7 Å². The van der Waals surface area contributed by atoms with Gasteiger partial charge in [0.05, 0.1) is 11.4 Å². The van der Waals surface area contributed by atoms with Gasteiger partial charge < -0.3 is 0 Å². The molecule has 22 heavy (non-hydrogen) atoms. The summed E-state index contributed by atoms with van der Waals surface area (Å²) < 4.78 is 64.6. The Kier molecular flexibility index (Phi) is 4.57. The van der Waals surface area contributed by atoms with Crippen molar-refractivity contribution in [2.75, 3.05) is 6.54 Å². The second-order valence-electron chi connectivity index (χ2n) is 4.68. The second-order valence-corrected chi connectivity index (χ2v) is 6.44. The van der Waals surface area contributed by atoms with Gasteiger partial charge >= 0.3 is 6.18 Å². The van der Waals surface area contributed by atoms with Crippen molar-refractivity contribution >= 4 is 10.0 Å². The highest BCUT2D eigenvalue weighted by Gasteiger charge is 2.33. The van der Waals surface area contributed by atoms with Gasteiger partial charge in [0.15, 0.2) is 5.69 Å². The quantitative estimate of drug-likeness (QED) is 0.912. The van der Waals surface area contributed by atoms with Crippen LogP contribution in [0.2, 0.25) is 0 Å². The van der Waals surface area contributed by atoms with Gasteiger partial charge in [0.25, 0.3) is 0 Å². The van der Waals surface area contributed by atoms with Crippen LogP contribution < -0.4 is 4.72 Å². The number of hydrogen-bond donors (Lipinski definition) is 1. The molecule has 1 aromatic carbocycles. The van der Waals surface area contributed by atoms with Crippen LogP contribution in [0.3, 0.4) is 0 Å². The lowest BCUT2D eigenvalue weighted by Gasteiger charge is -2.07. The van der Waals surface area contributed by atoms with Gasteiger partial charge in [0.1, 0.15) is 0 Å². The summed E-state index contributed by atoms with van der Waals surface area (Å²) >= 11 is 0. The van der Waals surface area contributed by atoms with Crippen LogP contribution >= 0.6 is 0 Å². The first kappa shape index (κ1) is 16.5. The average Bonchev–Trinajstić information content (AvgIpc) is 2.87. The summed E-state index contributed by atoms with van der Waals surface area (Å²) in [5, 5.41) is 3.34. The van der Waals surface area contributed by atoms with Crippen LogP contribution in [0, 0.1) is 6.92 Å². The molecule has 9 heteroatoms. The Morgan fingerprint density at radius 3 is 2.59 bits per heavy atom. The third-order valence-corrected chi connectivity index (χ3v) is 4.32. The SMILES string of the molecule is Cc1cccc(S(=O)(=O)NCCn2ccc(C(F)(F)F)n2)c1.